The van der Waals surface area contributed by atoms with E-state index in [1.807, 2.05) is 0 Å². The van der Waals surface area contributed by atoms with Gasteiger partial charge >= 0.3 is 0 Å². The molecule has 114 valence electrons. The van der Waals surface area contributed by atoms with Gasteiger partial charge in [0.2, 0.25) is 5.91 Å². The molecule has 4 heteroatoms. The predicted molar refractivity (Wildman–Crippen MR) is 78.2 cm³/mol. The van der Waals surface area contributed by atoms with Crippen LogP contribution in [0.3, 0.4) is 0 Å². The minimum Gasteiger partial charge on any atom is -0.377 e. The van der Waals surface area contributed by atoms with Crippen molar-refractivity contribution >= 4 is 5.91 Å². The molecule has 3 aliphatic rings. The number of hydrogen-bond donors (Lipinski definition) is 2. The van der Waals surface area contributed by atoms with Gasteiger partial charge in [0.1, 0.15) is 5.54 Å². The molecule has 1 aliphatic heterocycles. The van der Waals surface area contributed by atoms with E-state index in [1.54, 1.807) is 0 Å². The molecule has 3 fully saturated rings. The predicted octanol–water partition coefficient (Wildman–Crippen LogP) is 1.97. The molecule has 0 bridgehead atoms. The Hall–Kier alpha value is -0.610. The molecule has 3 rings (SSSR count). The van der Waals surface area contributed by atoms with Crippen LogP contribution in [0, 0.1) is 11.3 Å². The Labute approximate surface area is 121 Å². The number of nitrogens with two attached hydrogens (primary N) is 1. The number of nitrogens with one attached hydrogen (secondary N) is 1. The molecule has 2 saturated carbocycles. The van der Waals surface area contributed by atoms with Gasteiger partial charge in [-0.05, 0) is 38.5 Å². The van der Waals surface area contributed by atoms with Gasteiger partial charge in [-0.25, -0.2) is 0 Å². The first-order chi connectivity index (χ1) is 9.37. The molecule has 3 unspecified atom stereocenters. The maximum Gasteiger partial charge on any atom is 0.241 e. The summed E-state index contributed by atoms with van der Waals surface area (Å²) < 4.78 is 5.87. The van der Waals surface area contributed by atoms with Gasteiger partial charge in [-0.3, -0.25) is 4.79 Å². The molecular weight excluding hydrogens is 252 g/mol. The van der Waals surface area contributed by atoms with Crippen molar-refractivity contribution in [3.05, 3.63) is 0 Å². The maximum atomic E-state index is 12.9. The Bertz CT molecular complexity index is 411. The highest BCUT2D eigenvalue weighted by molar-refractivity contribution is 5.90. The topological polar surface area (TPSA) is 64.4 Å². The molecule has 0 aromatic rings. The molecule has 3 atom stereocenters. The van der Waals surface area contributed by atoms with Crippen LogP contribution in [-0.2, 0) is 9.53 Å². The standard InChI is InChI=1S/C16H28N2O2/c1-4-15(8-6-9-15)18-13(19)16(17)11-7-5-10-20-12(11)14(16,2)3/h11-12H,4-10,17H2,1-3H3,(H,18,19). The third-order valence-corrected chi connectivity index (χ3v) is 6.43. The zero-order valence-corrected chi connectivity index (χ0v) is 13.0. The van der Waals surface area contributed by atoms with Crippen molar-refractivity contribution < 1.29 is 9.53 Å². The molecular formula is C16H28N2O2. The fourth-order valence-corrected chi connectivity index (χ4v) is 4.55. The van der Waals surface area contributed by atoms with E-state index in [9.17, 15) is 4.79 Å². The van der Waals surface area contributed by atoms with Crippen molar-refractivity contribution in [1.29, 1.82) is 0 Å². The van der Waals surface area contributed by atoms with E-state index in [2.05, 4.69) is 26.1 Å². The van der Waals surface area contributed by atoms with Crippen LogP contribution in [0.4, 0.5) is 0 Å². The summed E-state index contributed by atoms with van der Waals surface area (Å²) in [6.07, 6.45) is 6.57. The zero-order valence-electron chi connectivity index (χ0n) is 13.0. The van der Waals surface area contributed by atoms with Crippen LogP contribution in [0.25, 0.3) is 0 Å². The number of amides is 1. The van der Waals surface area contributed by atoms with E-state index in [1.165, 1.54) is 6.42 Å². The minimum atomic E-state index is -0.768. The normalized spacial score (nSPS) is 41.0. The molecule has 0 spiro atoms. The summed E-state index contributed by atoms with van der Waals surface area (Å²) in [4.78, 5) is 12.9. The summed E-state index contributed by atoms with van der Waals surface area (Å²) in [7, 11) is 0. The lowest BCUT2D eigenvalue weighted by atomic mass is 9.46. The summed E-state index contributed by atoms with van der Waals surface area (Å²) in [5, 5.41) is 3.29. The fourth-order valence-electron chi connectivity index (χ4n) is 4.55. The van der Waals surface area contributed by atoms with E-state index < -0.39 is 5.54 Å². The fraction of sp³-hybridized carbons (Fsp3) is 0.938. The lowest BCUT2D eigenvalue weighted by Crippen LogP contribution is -2.83. The molecule has 4 nitrogen and oxygen atoms in total. The number of ether oxygens (including phenoxy) is 1. The Kier molecular flexibility index (Phi) is 3.18. The second-order valence-electron chi connectivity index (χ2n) is 7.57. The third kappa shape index (κ3) is 1.64. The number of rotatable bonds is 3. The average molecular weight is 280 g/mol. The highest BCUT2D eigenvalue weighted by Crippen LogP contribution is 2.57. The molecule has 3 N–H and O–H groups in total. The first kappa shape index (κ1) is 14.3. The van der Waals surface area contributed by atoms with Gasteiger partial charge in [-0.15, -0.1) is 0 Å². The molecule has 1 heterocycles. The largest absolute Gasteiger partial charge is 0.377 e. The van der Waals surface area contributed by atoms with Gasteiger partial charge < -0.3 is 15.8 Å². The van der Waals surface area contributed by atoms with Crippen LogP contribution < -0.4 is 11.1 Å². The third-order valence-electron chi connectivity index (χ3n) is 6.43. The Morgan fingerprint density at radius 2 is 2.05 bits per heavy atom. The van der Waals surface area contributed by atoms with E-state index in [4.69, 9.17) is 10.5 Å². The van der Waals surface area contributed by atoms with Gasteiger partial charge in [0.15, 0.2) is 0 Å². The van der Waals surface area contributed by atoms with Crippen LogP contribution in [0.2, 0.25) is 0 Å². The van der Waals surface area contributed by atoms with Crippen LogP contribution in [-0.4, -0.2) is 29.7 Å². The van der Waals surface area contributed by atoms with Crippen LogP contribution >= 0.6 is 0 Å². The van der Waals surface area contributed by atoms with Crippen molar-refractivity contribution in [2.75, 3.05) is 6.61 Å². The smallest absolute Gasteiger partial charge is 0.241 e. The van der Waals surface area contributed by atoms with Crippen molar-refractivity contribution in [3.63, 3.8) is 0 Å². The number of carbonyl (C=O) groups excluding carboxylic acids is 1. The molecule has 1 amide bonds. The van der Waals surface area contributed by atoms with Gasteiger partial charge in [-0.1, -0.05) is 20.8 Å². The van der Waals surface area contributed by atoms with Crippen LogP contribution in [0.15, 0.2) is 0 Å². The number of carbonyl (C=O) groups is 1. The average Bonchev–Trinajstić information content (AvgIpc) is 2.41. The number of fused-ring (bicyclic) bond motifs is 1. The van der Waals surface area contributed by atoms with Crippen molar-refractivity contribution in [1.82, 2.24) is 5.32 Å². The van der Waals surface area contributed by atoms with Crippen molar-refractivity contribution in [2.45, 2.75) is 76.5 Å². The van der Waals surface area contributed by atoms with Crippen LogP contribution in [0.1, 0.15) is 59.3 Å². The van der Waals surface area contributed by atoms with E-state index in [-0.39, 0.29) is 28.9 Å². The Morgan fingerprint density at radius 3 is 2.60 bits per heavy atom. The second-order valence-corrected chi connectivity index (χ2v) is 7.57. The first-order valence-corrected chi connectivity index (χ1v) is 8.10. The van der Waals surface area contributed by atoms with E-state index in [0.29, 0.717) is 0 Å². The van der Waals surface area contributed by atoms with Crippen molar-refractivity contribution in [2.24, 2.45) is 17.1 Å². The SMILES string of the molecule is CCC1(NC(=O)C2(N)C3CCCOC3C2(C)C)CCC1. The summed E-state index contributed by atoms with van der Waals surface area (Å²) in [6.45, 7) is 7.12. The number of hydrogen-bond acceptors (Lipinski definition) is 3. The first-order valence-electron chi connectivity index (χ1n) is 8.10. The second kappa shape index (κ2) is 4.44. The lowest BCUT2D eigenvalue weighted by molar-refractivity contribution is -0.226. The van der Waals surface area contributed by atoms with Gasteiger partial charge in [0.25, 0.3) is 0 Å². The van der Waals surface area contributed by atoms with Gasteiger partial charge in [-0.2, -0.15) is 0 Å². The van der Waals surface area contributed by atoms with E-state index in [0.717, 1.165) is 38.7 Å². The molecule has 1 saturated heterocycles. The van der Waals surface area contributed by atoms with Crippen molar-refractivity contribution in [3.8, 4) is 0 Å². The molecule has 0 aromatic heterocycles. The monoisotopic (exact) mass is 280 g/mol. The quantitative estimate of drug-likeness (QED) is 0.830. The van der Waals surface area contributed by atoms with Gasteiger partial charge in [0.05, 0.1) is 6.10 Å². The van der Waals surface area contributed by atoms with Gasteiger partial charge in [0, 0.05) is 23.5 Å². The lowest BCUT2D eigenvalue weighted by Gasteiger charge is -2.65. The molecule has 0 radical (unpaired) electrons. The van der Waals surface area contributed by atoms with Crippen LogP contribution in [0.5, 0.6) is 0 Å². The molecule has 20 heavy (non-hydrogen) atoms. The highest BCUT2D eigenvalue weighted by Gasteiger charge is 2.70. The van der Waals surface area contributed by atoms with E-state index >= 15 is 0 Å². The Morgan fingerprint density at radius 1 is 1.35 bits per heavy atom. The molecule has 2 aliphatic carbocycles. The summed E-state index contributed by atoms with van der Waals surface area (Å²) in [5.74, 6) is 0.232. The zero-order chi connectivity index (χ0) is 14.6. The summed E-state index contributed by atoms with van der Waals surface area (Å²) in [5.41, 5.74) is 5.60. The molecule has 0 aromatic carbocycles. The Balaban J connectivity index is 1.79. The minimum absolute atomic E-state index is 0.0140. The summed E-state index contributed by atoms with van der Waals surface area (Å²) in [6, 6.07) is 0. The highest BCUT2D eigenvalue weighted by atomic mass is 16.5. The summed E-state index contributed by atoms with van der Waals surface area (Å²) >= 11 is 0. The maximum absolute atomic E-state index is 12.9.